The summed E-state index contributed by atoms with van der Waals surface area (Å²) in [6.07, 6.45) is 5.44. The molecule has 0 aliphatic rings. The van der Waals surface area contributed by atoms with E-state index in [-0.39, 0.29) is 5.25 Å². The van der Waals surface area contributed by atoms with Crippen molar-refractivity contribution >= 4 is 10.8 Å². The van der Waals surface area contributed by atoms with E-state index in [1.54, 1.807) is 12.5 Å². The van der Waals surface area contributed by atoms with E-state index in [9.17, 15) is 4.21 Å². The molecule has 0 amide bonds. The van der Waals surface area contributed by atoms with E-state index in [0.29, 0.717) is 6.04 Å². The fourth-order valence-electron chi connectivity index (χ4n) is 1.40. The maximum atomic E-state index is 11.2. The number of hydrogen-bond acceptors (Lipinski definition) is 3. The van der Waals surface area contributed by atoms with Gasteiger partial charge in [-0.2, -0.15) is 0 Å². The van der Waals surface area contributed by atoms with Gasteiger partial charge >= 0.3 is 0 Å². The summed E-state index contributed by atoms with van der Waals surface area (Å²) in [5, 5.41) is 3.61. The van der Waals surface area contributed by atoms with Crippen molar-refractivity contribution in [2.75, 3.05) is 12.8 Å². The van der Waals surface area contributed by atoms with E-state index in [0.717, 1.165) is 25.1 Å². The van der Waals surface area contributed by atoms with E-state index < -0.39 is 10.8 Å². The molecule has 0 aromatic carbocycles. The van der Waals surface area contributed by atoms with Gasteiger partial charge in [0.15, 0.2) is 0 Å². The first-order valence-electron chi connectivity index (χ1n) is 5.67. The smallest absolute Gasteiger partial charge is 0.103 e. The van der Waals surface area contributed by atoms with Gasteiger partial charge in [0.1, 0.15) is 5.76 Å². The zero-order valence-corrected chi connectivity index (χ0v) is 11.0. The van der Waals surface area contributed by atoms with Crippen LogP contribution >= 0.6 is 0 Å². The monoisotopic (exact) mass is 243 g/mol. The number of aryl methyl sites for hydroxylation is 1. The highest BCUT2D eigenvalue weighted by Crippen LogP contribution is 2.05. The molecule has 0 radical (unpaired) electrons. The first-order valence-corrected chi connectivity index (χ1v) is 7.29. The lowest BCUT2D eigenvalue weighted by Crippen LogP contribution is -2.34. The molecule has 0 aliphatic carbocycles. The maximum absolute atomic E-state index is 11.2. The zero-order valence-electron chi connectivity index (χ0n) is 10.2. The van der Waals surface area contributed by atoms with Gasteiger partial charge in [-0.05, 0) is 32.4 Å². The molecule has 1 aromatic rings. The van der Waals surface area contributed by atoms with E-state index >= 15 is 0 Å². The predicted molar refractivity (Wildman–Crippen MR) is 68.0 cm³/mol. The summed E-state index contributed by atoms with van der Waals surface area (Å²) in [5.74, 6) is 1.03. The topological polar surface area (TPSA) is 42.2 Å². The average molecular weight is 243 g/mol. The zero-order chi connectivity index (χ0) is 12.0. The van der Waals surface area contributed by atoms with Gasteiger partial charge in [0.2, 0.25) is 0 Å². The maximum Gasteiger partial charge on any atom is 0.103 e. The number of hydrogen-bond donors (Lipinski definition) is 1. The Morgan fingerprint density at radius 1 is 1.50 bits per heavy atom. The molecule has 0 aliphatic heterocycles. The van der Waals surface area contributed by atoms with E-state index in [4.69, 9.17) is 4.42 Å². The lowest BCUT2D eigenvalue weighted by molar-refractivity contribution is 0.461. The van der Waals surface area contributed by atoms with Gasteiger partial charge in [-0.3, -0.25) is 4.21 Å². The highest BCUT2D eigenvalue weighted by Gasteiger charge is 2.08. The molecule has 0 bridgehead atoms. The summed E-state index contributed by atoms with van der Waals surface area (Å²) in [4.78, 5) is 0. The Morgan fingerprint density at radius 3 is 2.81 bits per heavy atom. The quantitative estimate of drug-likeness (QED) is 0.796. The standard InChI is InChI=1S/C12H21NO2S/c1-10(13-9-11(2)16(3)14)6-7-12-5-4-8-15-12/h4-5,8,10-11,13H,6-7,9H2,1-3H3. The summed E-state index contributed by atoms with van der Waals surface area (Å²) in [5.41, 5.74) is 0. The van der Waals surface area contributed by atoms with Crippen LogP contribution in [0.5, 0.6) is 0 Å². The molecule has 1 heterocycles. The van der Waals surface area contributed by atoms with Crippen LogP contribution in [0.4, 0.5) is 0 Å². The highest BCUT2D eigenvalue weighted by molar-refractivity contribution is 7.84. The van der Waals surface area contributed by atoms with Gasteiger partial charge < -0.3 is 9.73 Å². The van der Waals surface area contributed by atoms with Gasteiger partial charge in [-0.1, -0.05) is 0 Å². The van der Waals surface area contributed by atoms with Crippen LogP contribution in [0.3, 0.4) is 0 Å². The third-order valence-electron chi connectivity index (χ3n) is 2.72. The van der Waals surface area contributed by atoms with Crippen molar-refractivity contribution in [1.82, 2.24) is 5.32 Å². The second kappa shape index (κ2) is 6.86. The molecule has 1 aromatic heterocycles. The summed E-state index contributed by atoms with van der Waals surface area (Å²) in [6.45, 7) is 4.96. The molecule has 92 valence electrons. The number of rotatable bonds is 7. The third kappa shape index (κ3) is 4.94. The van der Waals surface area contributed by atoms with Crippen LogP contribution in [0.25, 0.3) is 0 Å². The summed E-state index contributed by atoms with van der Waals surface area (Å²) >= 11 is 0. The minimum atomic E-state index is -0.741. The van der Waals surface area contributed by atoms with E-state index in [1.165, 1.54) is 0 Å². The number of furan rings is 1. The van der Waals surface area contributed by atoms with Gasteiger partial charge in [-0.15, -0.1) is 0 Å². The van der Waals surface area contributed by atoms with Crippen LogP contribution in [0.15, 0.2) is 22.8 Å². The Morgan fingerprint density at radius 2 is 2.25 bits per heavy atom. The normalized spacial score (nSPS) is 16.9. The fraction of sp³-hybridized carbons (Fsp3) is 0.667. The molecule has 3 unspecified atom stereocenters. The largest absolute Gasteiger partial charge is 0.469 e. The first kappa shape index (κ1) is 13.5. The average Bonchev–Trinajstić information content (AvgIpc) is 2.75. The minimum absolute atomic E-state index is 0.214. The van der Waals surface area contributed by atoms with Crippen molar-refractivity contribution in [3.8, 4) is 0 Å². The van der Waals surface area contributed by atoms with Gasteiger partial charge in [0.05, 0.1) is 6.26 Å². The second-order valence-corrected chi connectivity index (χ2v) is 6.04. The predicted octanol–water partition coefficient (Wildman–Crippen LogP) is 1.96. The lowest BCUT2D eigenvalue weighted by Gasteiger charge is -2.15. The van der Waals surface area contributed by atoms with Crippen molar-refractivity contribution in [3.05, 3.63) is 24.2 Å². The molecule has 0 saturated carbocycles. The molecule has 4 heteroatoms. The van der Waals surface area contributed by atoms with Crippen molar-refractivity contribution in [2.24, 2.45) is 0 Å². The van der Waals surface area contributed by atoms with Crippen molar-refractivity contribution in [1.29, 1.82) is 0 Å². The molecule has 3 nitrogen and oxygen atoms in total. The van der Waals surface area contributed by atoms with Crippen molar-refractivity contribution in [3.63, 3.8) is 0 Å². The van der Waals surface area contributed by atoms with Gasteiger partial charge in [-0.25, -0.2) is 0 Å². The molecular formula is C12H21NO2S. The van der Waals surface area contributed by atoms with Crippen LogP contribution in [-0.4, -0.2) is 28.3 Å². The van der Waals surface area contributed by atoms with Crippen molar-refractivity contribution < 1.29 is 8.63 Å². The van der Waals surface area contributed by atoms with Gasteiger partial charge in [0, 0.05) is 41.3 Å². The Bertz CT molecular complexity index is 311. The lowest BCUT2D eigenvalue weighted by atomic mass is 10.1. The summed E-state index contributed by atoms with van der Waals surface area (Å²) in [6, 6.07) is 4.34. The molecule has 16 heavy (non-hydrogen) atoms. The first-order chi connectivity index (χ1) is 7.59. The summed E-state index contributed by atoms with van der Waals surface area (Å²) in [7, 11) is -0.741. The molecule has 0 saturated heterocycles. The molecule has 3 atom stereocenters. The van der Waals surface area contributed by atoms with Crippen LogP contribution in [0, 0.1) is 0 Å². The van der Waals surface area contributed by atoms with E-state index in [1.807, 2.05) is 19.1 Å². The second-order valence-electron chi connectivity index (χ2n) is 4.24. The molecule has 1 rings (SSSR count). The SMILES string of the molecule is CC(CCc1ccco1)NCC(C)S(C)=O. The molecule has 0 spiro atoms. The Hall–Kier alpha value is -0.610. The molecule has 0 fully saturated rings. The minimum Gasteiger partial charge on any atom is -0.469 e. The summed E-state index contributed by atoms with van der Waals surface area (Å²) < 4.78 is 16.4. The van der Waals surface area contributed by atoms with Crippen LogP contribution in [0.1, 0.15) is 26.0 Å². The van der Waals surface area contributed by atoms with Gasteiger partial charge in [0.25, 0.3) is 0 Å². The van der Waals surface area contributed by atoms with Crippen LogP contribution in [0.2, 0.25) is 0 Å². The number of nitrogens with one attached hydrogen (secondary N) is 1. The molecule has 1 N–H and O–H groups in total. The Labute approximate surface area is 100 Å². The third-order valence-corrected chi connectivity index (χ3v) is 4.02. The van der Waals surface area contributed by atoms with E-state index in [2.05, 4.69) is 12.2 Å². The Kier molecular flexibility index (Phi) is 5.77. The Balaban J connectivity index is 2.16. The fourth-order valence-corrected chi connectivity index (χ4v) is 1.73. The van der Waals surface area contributed by atoms with Crippen LogP contribution < -0.4 is 5.32 Å². The van der Waals surface area contributed by atoms with Crippen LogP contribution in [-0.2, 0) is 17.2 Å². The highest BCUT2D eigenvalue weighted by atomic mass is 32.2. The molecular weight excluding hydrogens is 222 g/mol. The van der Waals surface area contributed by atoms with Crippen molar-refractivity contribution in [2.45, 2.75) is 38.0 Å².